The van der Waals surface area contributed by atoms with E-state index < -0.39 is 12.4 Å². The fraction of sp³-hybridized carbons (Fsp3) is 0.125. The highest BCUT2D eigenvalue weighted by atomic mass is 19.4. The number of pyridine rings is 1. The number of hydrogen-bond acceptors (Lipinski definition) is 1. The summed E-state index contributed by atoms with van der Waals surface area (Å²) in [4.78, 5) is 3.77. The summed E-state index contributed by atoms with van der Waals surface area (Å²) in [6.07, 6.45) is 2.56. The van der Waals surface area contributed by atoms with E-state index in [4.69, 9.17) is 0 Å². The van der Waals surface area contributed by atoms with E-state index in [1.54, 1.807) is 23.9 Å². The molecule has 74 valence electrons. The molecule has 0 atom stereocenters. The quantitative estimate of drug-likeness (QED) is 0.638. The lowest BCUT2D eigenvalue weighted by Gasteiger charge is -2.13. The van der Waals surface area contributed by atoms with E-state index in [9.17, 15) is 12.9 Å². The maximum atomic E-state index is 12.3. The van der Waals surface area contributed by atoms with E-state index in [1.807, 2.05) is 0 Å². The van der Waals surface area contributed by atoms with Gasteiger partial charge in [0.15, 0.2) is 0 Å². The third kappa shape index (κ3) is 1.36. The standard InChI is InChI=1S/C8H7BF3N2/c1-14-3-2-6-4-7(9(10,11)12)5-13-8(6)14/h2-5H,1H3/q-1. The molecular formula is C8H7BF3N2-. The molecule has 0 amide bonds. The molecule has 2 nitrogen and oxygen atoms in total. The minimum Gasteiger partial charge on any atom is -0.445 e. The molecule has 2 aromatic heterocycles. The molecule has 2 aromatic rings. The van der Waals surface area contributed by atoms with Gasteiger partial charge in [-0.1, -0.05) is 11.5 Å². The van der Waals surface area contributed by atoms with Crippen molar-refractivity contribution in [2.24, 2.45) is 7.05 Å². The Hall–Kier alpha value is -1.46. The second-order valence-corrected chi connectivity index (χ2v) is 3.18. The second-order valence-electron chi connectivity index (χ2n) is 3.18. The van der Waals surface area contributed by atoms with E-state index >= 15 is 0 Å². The summed E-state index contributed by atoms with van der Waals surface area (Å²) >= 11 is 0. The molecule has 0 saturated heterocycles. The van der Waals surface area contributed by atoms with Gasteiger partial charge in [-0.25, -0.2) is 4.98 Å². The van der Waals surface area contributed by atoms with Crippen molar-refractivity contribution in [3.63, 3.8) is 0 Å². The zero-order chi connectivity index (χ0) is 10.3. The van der Waals surface area contributed by atoms with Crippen LogP contribution in [0.5, 0.6) is 0 Å². The van der Waals surface area contributed by atoms with Gasteiger partial charge in [0.25, 0.3) is 0 Å². The molecule has 0 aliphatic carbocycles. The van der Waals surface area contributed by atoms with Crippen LogP contribution < -0.4 is 5.46 Å². The molecule has 2 heterocycles. The Labute approximate surface area is 78.4 Å². The number of fused-ring (bicyclic) bond motifs is 1. The van der Waals surface area contributed by atoms with E-state index in [1.165, 1.54) is 0 Å². The van der Waals surface area contributed by atoms with Crippen molar-refractivity contribution in [1.29, 1.82) is 0 Å². The average molecular weight is 199 g/mol. The summed E-state index contributed by atoms with van der Waals surface area (Å²) in [5.41, 5.74) is -0.0856. The lowest BCUT2D eigenvalue weighted by atomic mass is 9.81. The van der Waals surface area contributed by atoms with Crippen LogP contribution in [0.4, 0.5) is 12.9 Å². The Bertz CT molecular complexity index is 475. The Morgan fingerprint density at radius 2 is 2.07 bits per heavy atom. The molecular weight excluding hydrogens is 192 g/mol. The smallest absolute Gasteiger partial charge is 0.445 e. The van der Waals surface area contributed by atoms with Crippen LogP contribution in [0.2, 0.25) is 0 Å². The third-order valence-corrected chi connectivity index (χ3v) is 2.11. The lowest BCUT2D eigenvalue weighted by molar-refractivity contribution is 0.501. The van der Waals surface area contributed by atoms with Crippen LogP contribution in [-0.4, -0.2) is 16.5 Å². The number of aromatic nitrogens is 2. The largest absolute Gasteiger partial charge is 0.511 e. The molecule has 0 bridgehead atoms. The van der Waals surface area contributed by atoms with E-state index in [-0.39, 0.29) is 0 Å². The lowest BCUT2D eigenvalue weighted by Crippen LogP contribution is -2.34. The van der Waals surface area contributed by atoms with Gasteiger partial charge in [-0.05, 0) is 6.07 Å². The summed E-state index contributed by atoms with van der Waals surface area (Å²) < 4.78 is 38.7. The number of aryl methyl sites for hydroxylation is 1. The van der Waals surface area contributed by atoms with Crippen molar-refractivity contribution in [2.75, 3.05) is 0 Å². The van der Waals surface area contributed by atoms with Crippen molar-refractivity contribution in [2.45, 2.75) is 0 Å². The van der Waals surface area contributed by atoms with E-state index in [2.05, 4.69) is 4.98 Å². The Kier molecular flexibility index (Phi) is 1.80. The highest BCUT2D eigenvalue weighted by Gasteiger charge is 2.26. The summed E-state index contributed by atoms with van der Waals surface area (Å²) in [5.74, 6) is 0. The Balaban J connectivity index is 2.63. The molecule has 0 fully saturated rings. The number of rotatable bonds is 1. The first-order valence-corrected chi connectivity index (χ1v) is 4.09. The van der Waals surface area contributed by atoms with Crippen molar-refractivity contribution >= 4 is 23.5 Å². The van der Waals surface area contributed by atoms with Crippen LogP contribution in [0.3, 0.4) is 0 Å². The van der Waals surface area contributed by atoms with E-state index in [0.29, 0.717) is 11.0 Å². The molecule has 0 aliphatic rings. The molecule has 0 aromatic carbocycles. The summed E-state index contributed by atoms with van der Waals surface area (Å²) in [6, 6.07) is 2.75. The highest BCUT2D eigenvalue weighted by Crippen LogP contribution is 2.14. The maximum absolute atomic E-state index is 12.3. The Morgan fingerprint density at radius 1 is 1.36 bits per heavy atom. The minimum absolute atomic E-state index is 0.518. The van der Waals surface area contributed by atoms with Gasteiger partial charge >= 0.3 is 6.98 Å². The zero-order valence-corrected chi connectivity index (χ0v) is 7.42. The SMILES string of the molecule is Cn1ccc2cc([B-](F)(F)F)cnc21. The van der Waals surface area contributed by atoms with Gasteiger partial charge in [0.2, 0.25) is 0 Å². The number of halogens is 3. The van der Waals surface area contributed by atoms with Gasteiger partial charge in [-0.15, -0.1) is 0 Å². The van der Waals surface area contributed by atoms with Crippen LogP contribution in [0.25, 0.3) is 11.0 Å². The van der Waals surface area contributed by atoms with Crippen molar-refractivity contribution in [3.05, 3.63) is 24.5 Å². The first kappa shape index (κ1) is 9.11. The fourth-order valence-electron chi connectivity index (χ4n) is 1.35. The first-order valence-electron chi connectivity index (χ1n) is 4.09. The molecule has 0 spiro atoms. The van der Waals surface area contributed by atoms with Crippen LogP contribution >= 0.6 is 0 Å². The predicted octanol–water partition coefficient (Wildman–Crippen LogP) is 1.63. The summed E-state index contributed by atoms with van der Waals surface area (Å²) in [7, 11) is 1.74. The molecule has 2 rings (SSSR count). The minimum atomic E-state index is -4.95. The monoisotopic (exact) mass is 199 g/mol. The van der Waals surface area contributed by atoms with Gasteiger partial charge in [0.05, 0.1) is 0 Å². The van der Waals surface area contributed by atoms with Crippen molar-refractivity contribution in [1.82, 2.24) is 9.55 Å². The summed E-state index contributed by atoms with van der Waals surface area (Å²) in [5, 5.41) is 0.518. The van der Waals surface area contributed by atoms with Gasteiger partial charge in [0.1, 0.15) is 5.65 Å². The molecule has 0 N–H and O–H groups in total. The fourth-order valence-corrected chi connectivity index (χ4v) is 1.35. The van der Waals surface area contributed by atoms with Gasteiger partial charge in [0, 0.05) is 24.8 Å². The average Bonchev–Trinajstić information content (AvgIpc) is 2.46. The normalized spacial score (nSPS) is 12.3. The van der Waals surface area contributed by atoms with E-state index in [0.717, 1.165) is 12.3 Å². The maximum Gasteiger partial charge on any atom is 0.511 e. The molecule has 0 radical (unpaired) electrons. The molecule has 0 aliphatic heterocycles. The van der Waals surface area contributed by atoms with Gasteiger partial charge < -0.3 is 17.5 Å². The second kappa shape index (κ2) is 2.77. The van der Waals surface area contributed by atoms with Crippen LogP contribution in [0, 0.1) is 0 Å². The first-order chi connectivity index (χ1) is 6.48. The summed E-state index contributed by atoms with van der Waals surface area (Å²) in [6.45, 7) is -4.95. The zero-order valence-electron chi connectivity index (χ0n) is 7.42. The van der Waals surface area contributed by atoms with Gasteiger partial charge in [-0.3, -0.25) is 0 Å². The van der Waals surface area contributed by atoms with Crippen molar-refractivity contribution in [3.8, 4) is 0 Å². The molecule has 0 unspecified atom stereocenters. The molecule has 0 saturated carbocycles. The van der Waals surface area contributed by atoms with Crippen LogP contribution in [0.1, 0.15) is 0 Å². The highest BCUT2D eigenvalue weighted by molar-refractivity contribution is 6.73. The number of hydrogen-bond donors (Lipinski definition) is 0. The molecule has 6 heteroatoms. The van der Waals surface area contributed by atoms with Crippen LogP contribution in [-0.2, 0) is 7.05 Å². The third-order valence-electron chi connectivity index (χ3n) is 2.11. The molecule has 14 heavy (non-hydrogen) atoms. The Morgan fingerprint density at radius 3 is 2.71 bits per heavy atom. The van der Waals surface area contributed by atoms with Crippen LogP contribution in [0.15, 0.2) is 24.5 Å². The van der Waals surface area contributed by atoms with Gasteiger partial charge in [-0.2, -0.15) is 0 Å². The predicted molar refractivity (Wildman–Crippen MR) is 49.4 cm³/mol. The van der Waals surface area contributed by atoms with Crippen molar-refractivity contribution < 1.29 is 12.9 Å². The topological polar surface area (TPSA) is 17.8 Å². The number of nitrogens with zero attached hydrogens (tertiary/aromatic N) is 2.